The van der Waals surface area contributed by atoms with Crippen molar-refractivity contribution in [2.45, 2.75) is 12.3 Å². The second-order valence-electron chi connectivity index (χ2n) is 11.1. The summed E-state index contributed by atoms with van der Waals surface area (Å²) in [6, 6.07) is 53.3. The molecule has 0 saturated heterocycles. The zero-order chi connectivity index (χ0) is 29.3. The standard InChI is InChI=1S/C40H30N4/c1-3-11-31(12-4-1)38-42-39(32-13-5-2-6-14-32)44-40(43-38)35-21-8-16-29-15-7-19-33(36(29)35)27-22-24-28(25-23-27)34-20-9-17-30-18-10-26-41-37(30)34/h1-26,38,40,43H,(H,42,44). The third-order valence-electron chi connectivity index (χ3n) is 8.41. The molecule has 2 atom stereocenters. The zero-order valence-corrected chi connectivity index (χ0v) is 24.1. The molecule has 0 aliphatic carbocycles. The van der Waals surface area contributed by atoms with Gasteiger partial charge in [0.15, 0.2) is 0 Å². The summed E-state index contributed by atoms with van der Waals surface area (Å²) in [6.45, 7) is 0. The molecule has 0 saturated carbocycles. The topological polar surface area (TPSA) is 49.3 Å². The van der Waals surface area contributed by atoms with Gasteiger partial charge >= 0.3 is 0 Å². The molecule has 0 radical (unpaired) electrons. The van der Waals surface area contributed by atoms with Crippen molar-refractivity contribution >= 4 is 27.5 Å². The number of hydrogen-bond donors (Lipinski definition) is 2. The van der Waals surface area contributed by atoms with Crippen molar-refractivity contribution in [3.63, 3.8) is 0 Å². The molecule has 210 valence electrons. The lowest BCUT2D eigenvalue weighted by molar-refractivity contribution is 0.411. The molecule has 2 N–H and O–H groups in total. The fourth-order valence-corrected chi connectivity index (χ4v) is 6.29. The van der Waals surface area contributed by atoms with Gasteiger partial charge in [-0.2, -0.15) is 0 Å². The number of fused-ring (bicyclic) bond motifs is 2. The van der Waals surface area contributed by atoms with E-state index in [1.165, 1.54) is 27.5 Å². The van der Waals surface area contributed by atoms with Gasteiger partial charge in [-0.3, -0.25) is 10.3 Å². The Labute approximate surface area is 256 Å². The Morgan fingerprint density at radius 3 is 1.91 bits per heavy atom. The van der Waals surface area contributed by atoms with Gasteiger partial charge in [0.1, 0.15) is 18.2 Å². The molecule has 0 amide bonds. The first-order valence-electron chi connectivity index (χ1n) is 15.0. The summed E-state index contributed by atoms with van der Waals surface area (Å²) in [6.07, 6.45) is 1.52. The first-order valence-corrected chi connectivity index (χ1v) is 15.0. The van der Waals surface area contributed by atoms with E-state index in [-0.39, 0.29) is 12.3 Å². The van der Waals surface area contributed by atoms with Crippen molar-refractivity contribution in [2.75, 3.05) is 0 Å². The van der Waals surface area contributed by atoms with Gasteiger partial charge in [-0.1, -0.05) is 146 Å². The van der Waals surface area contributed by atoms with Crippen LogP contribution >= 0.6 is 0 Å². The van der Waals surface area contributed by atoms with Crippen LogP contribution in [0.1, 0.15) is 29.0 Å². The number of hydrogen-bond acceptors (Lipinski definition) is 4. The molecular weight excluding hydrogens is 536 g/mol. The van der Waals surface area contributed by atoms with Gasteiger partial charge in [0.25, 0.3) is 0 Å². The number of amidine groups is 1. The highest BCUT2D eigenvalue weighted by Gasteiger charge is 2.27. The van der Waals surface area contributed by atoms with E-state index in [1.54, 1.807) is 0 Å². The van der Waals surface area contributed by atoms with Gasteiger partial charge in [-0.15, -0.1) is 0 Å². The Hall–Kier alpha value is -5.58. The van der Waals surface area contributed by atoms with Gasteiger partial charge in [0, 0.05) is 22.7 Å². The molecule has 7 aromatic rings. The van der Waals surface area contributed by atoms with Crippen LogP contribution in [-0.2, 0) is 0 Å². The normalized spacial score (nSPS) is 16.4. The number of aliphatic imine (C=N–C) groups is 1. The largest absolute Gasteiger partial charge is 0.350 e. The van der Waals surface area contributed by atoms with Crippen molar-refractivity contribution in [3.8, 4) is 22.3 Å². The molecule has 6 aromatic carbocycles. The van der Waals surface area contributed by atoms with Gasteiger partial charge in [-0.05, 0) is 44.7 Å². The Bertz CT molecular complexity index is 2110. The summed E-state index contributed by atoms with van der Waals surface area (Å²) in [5.74, 6) is 0.880. The average molecular weight is 567 g/mol. The molecule has 1 aromatic heterocycles. The van der Waals surface area contributed by atoms with Crippen LogP contribution in [0.3, 0.4) is 0 Å². The van der Waals surface area contributed by atoms with Gasteiger partial charge < -0.3 is 5.32 Å². The maximum absolute atomic E-state index is 5.11. The van der Waals surface area contributed by atoms with E-state index in [2.05, 4.69) is 149 Å². The minimum absolute atomic E-state index is 0.154. The molecule has 4 nitrogen and oxygen atoms in total. The van der Waals surface area contributed by atoms with E-state index in [9.17, 15) is 0 Å². The van der Waals surface area contributed by atoms with Gasteiger partial charge in [0.05, 0.1) is 5.52 Å². The number of rotatable bonds is 5. The molecule has 1 aliphatic rings. The Morgan fingerprint density at radius 2 is 1.14 bits per heavy atom. The Kier molecular flexibility index (Phi) is 6.67. The Morgan fingerprint density at radius 1 is 0.500 bits per heavy atom. The molecule has 2 heterocycles. The third kappa shape index (κ3) is 4.81. The van der Waals surface area contributed by atoms with Crippen LogP contribution < -0.4 is 10.6 Å². The minimum Gasteiger partial charge on any atom is -0.350 e. The zero-order valence-electron chi connectivity index (χ0n) is 24.1. The smallest absolute Gasteiger partial charge is 0.131 e. The molecule has 0 fully saturated rings. The number of nitrogens with one attached hydrogen (secondary N) is 2. The van der Waals surface area contributed by atoms with Crippen LogP contribution in [0.4, 0.5) is 0 Å². The fourth-order valence-electron chi connectivity index (χ4n) is 6.29. The number of benzene rings is 6. The Balaban J connectivity index is 1.22. The van der Waals surface area contributed by atoms with Crippen molar-refractivity contribution in [1.82, 2.24) is 15.6 Å². The lowest BCUT2D eigenvalue weighted by atomic mass is 9.91. The first-order chi connectivity index (χ1) is 21.8. The first kappa shape index (κ1) is 26.1. The highest BCUT2D eigenvalue weighted by atomic mass is 15.3. The number of pyridine rings is 1. The van der Waals surface area contributed by atoms with Crippen LogP contribution in [0.25, 0.3) is 43.9 Å². The molecule has 4 heteroatoms. The van der Waals surface area contributed by atoms with Gasteiger partial charge in [-0.25, -0.2) is 4.99 Å². The number of nitrogens with zero attached hydrogens (tertiary/aromatic N) is 2. The maximum Gasteiger partial charge on any atom is 0.131 e. The molecule has 0 bridgehead atoms. The van der Waals surface area contributed by atoms with E-state index < -0.39 is 0 Å². The highest BCUT2D eigenvalue weighted by Crippen LogP contribution is 2.37. The van der Waals surface area contributed by atoms with E-state index in [4.69, 9.17) is 4.99 Å². The summed E-state index contributed by atoms with van der Waals surface area (Å²) in [7, 11) is 0. The van der Waals surface area contributed by atoms with Crippen LogP contribution in [-0.4, -0.2) is 10.8 Å². The minimum atomic E-state index is -0.186. The highest BCUT2D eigenvalue weighted by molar-refractivity contribution is 6.02. The van der Waals surface area contributed by atoms with Crippen molar-refractivity contribution in [3.05, 3.63) is 175 Å². The molecule has 2 unspecified atom stereocenters. The van der Waals surface area contributed by atoms with E-state index in [0.29, 0.717) is 0 Å². The molecular formula is C40H30N4. The third-order valence-corrected chi connectivity index (χ3v) is 8.41. The van der Waals surface area contributed by atoms with Crippen LogP contribution in [0.15, 0.2) is 163 Å². The van der Waals surface area contributed by atoms with E-state index >= 15 is 0 Å². The summed E-state index contributed by atoms with van der Waals surface area (Å²) >= 11 is 0. The molecule has 1 aliphatic heterocycles. The van der Waals surface area contributed by atoms with Crippen molar-refractivity contribution in [1.29, 1.82) is 0 Å². The lowest BCUT2D eigenvalue weighted by Gasteiger charge is -2.33. The molecule has 0 spiro atoms. The fraction of sp³-hybridized carbons (Fsp3) is 0.0500. The SMILES string of the molecule is c1ccc(C2=NC(c3ccccc3)NC(c3cccc4cccc(-c5ccc(-c6cccc7cccnc67)cc5)c34)N2)cc1. The van der Waals surface area contributed by atoms with Crippen LogP contribution in [0, 0.1) is 0 Å². The van der Waals surface area contributed by atoms with Crippen LogP contribution in [0.5, 0.6) is 0 Å². The van der Waals surface area contributed by atoms with Gasteiger partial charge in [0.2, 0.25) is 0 Å². The summed E-state index contributed by atoms with van der Waals surface area (Å²) in [5.41, 5.74) is 9.08. The monoisotopic (exact) mass is 566 g/mol. The van der Waals surface area contributed by atoms with Crippen molar-refractivity contribution in [2.24, 2.45) is 4.99 Å². The summed E-state index contributed by atoms with van der Waals surface area (Å²) < 4.78 is 0. The predicted octanol–water partition coefficient (Wildman–Crippen LogP) is 9.06. The lowest BCUT2D eigenvalue weighted by Crippen LogP contribution is -2.45. The predicted molar refractivity (Wildman–Crippen MR) is 181 cm³/mol. The second-order valence-corrected chi connectivity index (χ2v) is 11.1. The van der Waals surface area contributed by atoms with Crippen molar-refractivity contribution < 1.29 is 0 Å². The molecule has 44 heavy (non-hydrogen) atoms. The number of aromatic nitrogens is 1. The van der Waals surface area contributed by atoms with E-state index in [1.807, 2.05) is 24.4 Å². The maximum atomic E-state index is 5.11. The quantitative estimate of drug-likeness (QED) is 0.219. The average Bonchev–Trinajstić information content (AvgIpc) is 3.11. The second kappa shape index (κ2) is 11.3. The van der Waals surface area contributed by atoms with E-state index in [0.717, 1.165) is 39.0 Å². The summed E-state index contributed by atoms with van der Waals surface area (Å²) in [4.78, 5) is 9.78. The summed E-state index contributed by atoms with van der Waals surface area (Å²) in [5, 5.41) is 11.1. The molecule has 8 rings (SSSR count). The van der Waals surface area contributed by atoms with Crippen LogP contribution in [0.2, 0.25) is 0 Å². The number of para-hydroxylation sites is 1.